The Hall–Kier alpha value is -1.86. The van der Waals surface area contributed by atoms with Crippen molar-refractivity contribution in [3.8, 4) is 5.75 Å². The number of amides is 1. The molecule has 100 valence electrons. The van der Waals surface area contributed by atoms with Crippen LogP contribution in [0.3, 0.4) is 0 Å². The Morgan fingerprint density at radius 3 is 2.84 bits per heavy atom. The van der Waals surface area contributed by atoms with Crippen LogP contribution in [0.1, 0.15) is 16.1 Å². The molecule has 0 spiro atoms. The van der Waals surface area contributed by atoms with Crippen molar-refractivity contribution >= 4 is 34.0 Å². The van der Waals surface area contributed by atoms with Gasteiger partial charge in [-0.3, -0.25) is 14.9 Å². The predicted octanol–water partition coefficient (Wildman–Crippen LogP) is 1.76. The number of pyridine rings is 1. The van der Waals surface area contributed by atoms with E-state index in [1.807, 2.05) is 0 Å². The number of rotatable bonds is 2. The van der Waals surface area contributed by atoms with Gasteiger partial charge in [-0.05, 0) is 6.92 Å². The molecule has 0 aliphatic rings. The summed E-state index contributed by atoms with van der Waals surface area (Å²) in [5.74, 6) is -1.08. The van der Waals surface area contributed by atoms with Crippen molar-refractivity contribution in [2.24, 2.45) is 7.05 Å². The van der Waals surface area contributed by atoms with Gasteiger partial charge in [-0.1, -0.05) is 22.9 Å². The molecule has 0 aromatic carbocycles. The molecular weight excluding hydrogens is 290 g/mol. The number of nitrogens with zero attached hydrogens (tertiary/aromatic N) is 2. The second-order valence-electron chi connectivity index (χ2n) is 3.83. The SMILES string of the molecule is Cc1cc(O)c(C(=O)Nc2ncc(Cl)s2)c(=O)n1C. The highest BCUT2D eigenvalue weighted by atomic mass is 35.5. The number of aromatic nitrogens is 2. The molecule has 0 radical (unpaired) electrons. The number of hydrogen-bond acceptors (Lipinski definition) is 5. The number of halogens is 1. The molecule has 19 heavy (non-hydrogen) atoms. The topological polar surface area (TPSA) is 84.2 Å². The lowest BCUT2D eigenvalue weighted by Gasteiger charge is -2.08. The zero-order chi connectivity index (χ0) is 14.2. The molecule has 0 saturated heterocycles. The Kier molecular flexibility index (Phi) is 3.59. The molecule has 2 aromatic rings. The molecule has 0 fully saturated rings. The van der Waals surface area contributed by atoms with Crippen LogP contribution in [0.4, 0.5) is 5.13 Å². The zero-order valence-corrected chi connectivity index (χ0v) is 11.7. The van der Waals surface area contributed by atoms with Gasteiger partial charge in [-0.25, -0.2) is 4.98 Å². The standard InChI is InChI=1S/C11H10ClN3O3S/c1-5-3-6(16)8(10(18)15(5)2)9(17)14-11-13-4-7(12)19-11/h3-4,16H,1-2H3,(H,13,14,17). The van der Waals surface area contributed by atoms with Gasteiger partial charge in [0.05, 0.1) is 6.20 Å². The maximum absolute atomic E-state index is 12.0. The number of thiazole rings is 1. The lowest BCUT2D eigenvalue weighted by Crippen LogP contribution is -2.28. The summed E-state index contributed by atoms with van der Waals surface area (Å²) in [6, 6.07) is 1.35. The Bertz CT molecular complexity index is 708. The third-order valence-corrected chi connectivity index (χ3v) is 3.60. The fraction of sp³-hybridized carbons (Fsp3) is 0.182. The first-order valence-electron chi connectivity index (χ1n) is 5.22. The Labute approximate surface area is 117 Å². The smallest absolute Gasteiger partial charge is 0.267 e. The van der Waals surface area contributed by atoms with Crippen LogP contribution in [-0.4, -0.2) is 20.6 Å². The third-order valence-electron chi connectivity index (χ3n) is 2.57. The van der Waals surface area contributed by atoms with E-state index in [1.54, 1.807) is 6.92 Å². The Morgan fingerprint density at radius 1 is 1.58 bits per heavy atom. The van der Waals surface area contributed by atoms with E-state index in [9.17, 15) is 14.7 Å². The van der Waals surface area contributed by atoms with Crippen LogP contribution in [0.25, 0.3) is 0 Å². The lowest BCUT2D eigenvalue weighted by atomic mass is 10.2. The molecule has 0 unspecified atom stereocenters. The van der Waals surface area contributed by atoms with Crippen molar-refractivity contribution in [1.29, 1.82) is 0 Å². The third kappa shape index (κ3) is 2.61. The van der Waals surface area contributed by atoms with Crippen LogP contribution in [-0.2, 0) is 7.05 Å². The first-order chi connectivity index (χ1) is 8.90. The van der Waals surface area contributed by atoms with Gasteiger partial charge in [0, 0.05) is 18.8 Å². The highest BCUT2D eigenvalue weighted by Gasteiger charge is 2.19. The van der Waals surface area contributed by atoms with E-state index in [-0.39, 0.29) is 16.4 Å². The average molecular weight is 300 g/mol. The van der Waals surface area contributed by atoms with E-state index >= 15 is 0 Å². The minimum atomic E-state index is -0.718. The van der Waals surface area contributed by atoms with Crippen molar-refractivity contribution in [1.82, 2.24) is 9.55 Å². The van der Waals surface area contributed by atoms with Gasteiger partial charge in [0.1, 0.15) is 15.6 Å². The summed E-state index contributed by atoms with van der Waals surface area (Å²) in [5, 5.41) is 12.4. The van der Waals surface area contributed by atoms with E-state index in [0.29, 0.717) is 10.0 Å². The predicted molar refractivity (Wildman–Crippen MR) is 73.2 cm³/mol. The number of aryl methyl sites for hydroxylation is 1. The van der Waals surface area contributed by atoms with Crippen LogP contribution in [0, 0.1) is 6.92 Å². The number of anilines is 1. The summed E-state index contributed by atoms with van der Waals surface area (Å²) < 4.78 is 1.69. The van der Waals surface area contributed by atoms with Crippen LogP contribution in [0.5, 0.6) is 5.75 Å². The van der Waals surface area contributed by atoms with E-state index in [4.69, 9.17) is 11.6 Å². The van der Waals surface area contributed by atoms with Crippen molar-refractivity contribution in [3.63, 3.8) is 0 Å². The number of carbonyl (C=O) groups is 1. The minimum Gasteiger partial charge on any atom is -0.507 e. The zero-order valence-electron chi connectivity index (χ0n) is 10.1. The van der Waals surface area contributed by atoms with Crippen LogP contribution in [0.15, 0.2) is 17.1 Å². The molecule has 0 bridgehead atoms. The molecule has 6 nitrogen and oxygen atoms in total. The summed E-state index contributed by atoms with van der Waals surface area (Å²) in [6.07, 6.45) is 1.38. The quantitative estimate of drug-likeness (QED) is 0.885. The molecular formula is C11H10ClN3O3S. The Morgan fingerprint density at radius 2 is 2.26 bits per heavy atom. The normalized spacial score (nSPS) is 10.5. The lowest BCUT2D eigenvalue weighted by molar-refractivity contribution is 0.102. The maximum atomic E-state index is 12.0. The molecule has 2 aromatic heterocycles. The first-order valence-corrected chi connectivity index (χ1v) is 6.42. The Balaban J connectivity index is 2.40. The van der Waals surface area contributed by atoms with Crippen molar-refractivity contribution in [2.75, 3.05) is 5.32 Å². The molecule has 2 N–H and O–H groups in total. The van der Waals surface area contributed by atoms with Crippen molar-refractivity contribution < 1.29 is 9.90 Å². The molecule has 1 amide bonds. The molecule has 0 atom stereocenters. The summed E-state index contributed by atoms with van der Waals surface area (Å²) >= 11 is 6.75. The molecule has 0 saturated carbocycles. The summed E-state index contributed by atoms with van der Waals surface area (Å²) in [4.78, 5) is 27.8. The van der Waals surface area contributed by atoms with Crippen molar-refractivity contribution in [2.45, 2.75) is 6.92 Å². The van der Waals surface area contributed by atoms with Crippen molar-refractivity contribution in [3.05, 3.63) is 38.2 Å². The van der Waals surface area contributed by atoms with Gasteiger partial charge in [-0.2, -0.15) is 0 Å². The van der Waals surface area contributed by atoms with Gasteiger partial charge in [-0.15, -0.1) is 0 Å². The summed E-state index contributed by atoms with van der Waals surface area (Å²) in [6.45, 7) is 1.66. The fourth-order valence-corrected chi connectivity index (χ4v) is 2.30. The minimum absolute atomic E-state index is 0.261. The maximum Gasteiger partial charge on any atom is 0.267 e. The fourth-order valence-electron chi connectivity index (χ4n) is 1.49. The average Bonchev–Trinajstić information content (AvgIpc) is 2.72. The monoisotopic (exact) mass is 299 g/mol. The summed E-state index contributed by atoms with van der Waals surface area (Å²) in [7, 11) is 1.52. The molecule has 0 aliphatic carbocycles. The van der Waals surface area contributed by atoms with Gasteiger partial charge < -0.3 is 9.67 Å². The van der Waals surface area contributed by atoms with E-state index < -0.39 is 11.5 Å². The molecule has 8 heteroatoms. The van der Waals surface area contributed by atoms with Crippen LogP contribution in [0.2, 0.25) is 4.34 Å². The van der Waals surface area contributed by atoms with Gasteiger partial charge in [0.25, 0.3) is 11.5 Å². The molecule has 2 heterocycles. The first kappa shape index (κ1) is 13.6. The highest BCUT2D eigenvalue weighted by Crippen LogP contribution is 2.23. The van der Waals surface area contributed by atoms with E-state index in [1.165, 1.54) is 23.9 Å². The van der Waals surface area contributed by atoms with Gasteiger partial charge in [0.15, 0.2) is 5.13 Å². The van der Waals surface area contributed by atoms with Gasteiger partial charge >= 0.3 is 0 Å². The van der Waals surface area contributed by atoms with Gasteiger partial charge in [0.2, 0.25) is 0 Å². The van der Waals surface area contributed by atoms with E-state index in [0.717, 1.165) is 11.3 Å². The second-order valence-corrected chi connectivity index (χ2v) is 5.50. The number of aromatic hydroxyl groups is 1. The largest absolute Gasteiger partial charge is 0.507 e. The van der Waals surface area contributed by atoms with Crippen LogP contribution < -0.4 is 10.9 Å². The second kappa shape index (κ2) is 5.02. The number of hydrogen-bond donors (Lipinski definition) is 2. The molecule has 2 rings (SSSR count). The molecule has 0 aliphatic heterocycles. The van der Waals surface area contributed by atoms with Crippen LogP contribution >= 0.6 is 22.9 Å². The number of nitrogens with one attached hydrogen (secondary N) is 1. The highest BCUT2D eigenvalue weighted by molar-refractivity contribution is 7.19. The summed E-state index contributed by atoms with van der Waals surface area (Å²) in [5.41, 5.74) is -0.339. The number of carbonyl (C=O) groups excluding carboxylic acids is 1. The van der Waals surface area contributed by atoms with E-state index in [2.05, 4.69) is 10.3 Å².